The van der Waals surface area contributed by atoms with Crippen LogP contribution in [0.2, 0.25) is 0 Å². The van der Waals surface area contributed by atoms with Crippen molar-refractivity contribution in [2.45, 2.75) is 50.4 Å². The monoisotopic (exact) mass is 413 g/mol. The van der Waals surface area contributed by atoms with Gasteiger partial charge in [-0.1, -0.05) is 18.2 Å². The molecule has 30 heavy (non-hydrogen) atoms. The van der Waals surface area contributed by atoms with E-state index in [9.17, 15) is 19.2 Å². The first-order valence-corrected chi connectivity index (χ1v) is 10.4. The molecule has 5 rings (SSSR count). The zero-order chi connectivity index (χ0) is 21.3. The van der Waals surface area contributed by atoms with Crippen LogP contribution in [-0.2, 0) is 28.6 Å². The molecule has 0 aliphatic carbocycles. The van der Waals surface area contributed by atoms with Gasteiger partial charge in [0.1, 0.15) is 0 Å². The van der Waals surface area contributed by atoms with E-state index in [1.54, 1.807) is 32.0 Å². The van der Waals surface area contributed by atoms with E-state index in [-0.39, 0.29) is 32.0 Å². The second-order valence-electron chi connectivity index (χ2n) is 8.21. The van der Waals surface area contributed by atoms with Crippen LogP contribution in [0.5, 0.6) is 0 Å². The molecule has 3 saturated heterocycles. The highest BCUT2D eigenvalue weighted by Crippen LogP contribution is 2.70. The summed E-state index contributed by atoms with van der Waals surface area (Å²) in [5.41, 5.74) is -4.05. The largest absolute Gasteiger partial charge is 0.465 e. The van der Waals surface area contributed by atoms with E-state index < -0.39 is 40.4 Å². The number of carbonyl (C=O) groups excluding carboxylic acids is 4. The molecule has 0 N–H and O–H groups in total. The van der Waals surface area contributed by atoms with Gasteiger partial charge in [0.05, 0.1) is 13.2 Å². The van der Waals surface area contributed by atoms with Gasteiger partial charge in [-0.2, -0.15) is 0 Å². The lowest BCUT2D eigenvalue weighted by Crippen LogP contribution is -2.72. The Morgan fingerprint density at radius 1 is 1.13 bits per heavy atom. The normalized spacial score (nSPS) is 35.7. The summed E-state index contributed by atoms with van der Waals surface area (Å²) < 4.78 is 16.9. The third-order valence-electron chi connectivity index (χ3n) is 7.03. The van der Waals surface area contributed by atoms with Crippen molar-refractivity contribution in [3.8, 4) is 0 Å². The van der Waals surface area contributed by atoms with Gasteiger partial charge in [0.2, 0.25) is 5.60 Å². The minimum atomic E-state index is -1.92. The molecule has 4 atom stereocenters. The lowest BCUT2D eigenvalue weighted by Gasteiger charge is -2.56. The number of carbonyl (C=O) groups is 4. The molecule has 1 amide bonds. The van der Waals surface area contributed by atoms with Crippen LogP contribution < -0.4 is 0 Å². The Labute approximate surface area is 173 Å². The maximum atomic E-state index is 13.9. The number of nitrogens with zero attached hydrogens (tertiary/aromatic N) is 1. The number of ketones is 1. The van der Waals surface area contributed by atoms with Crippen LogP contribution in [0.4, 0.5) is 0 Å². The summed E-state index contributed by atoms with van der Waals surface area (Å²) in [6.07, 6.45) is 0.621. The molecule has 8 nitrogen and oxygen atoms in total. The molecule has 0 radical (unpaired) electrons. The number of piperidine rings is 1. The minimum Gasteiger partial charge on any atom is -0.465 e. The quantitative estimate of drug-likeness (QED) is 0.546. The summed E-state index contributed by atoms with van der Waals surface area (Å²) >= 11 is 0. The van der Waals surface area contributed by atoms with E-state index in [4.69, 9.17) is 14.2 Å². The van der Waals surface area contributed by atoms with Gasteiger partial charge >= 0.3 is 11.9 Å². The molecular formula is C22H23NO7. The molecule has 3 fully saturated rings. The molecule has 158 valence electrons. The molecule has 1 aromatic carbocycles. The maximum Gasteiger partial charge on any atom is 0.346 e. The molecule has 0 aromatic heterocycles. The first kappa shape index (κ1) is 19.2. The van der Waals surface area contributed by atoms with Crippen LogP contribution in [-0.4, -0.2) is 59.6 Å². The van der Waals surface area contributed by atoms with Gasteiger partial charge in [0, 0.05) is 24.4 Å². The van der Waals surface area contributed by atoms with Gasteiger partial charge in [-0.25, -0.2) is 4.79 Å². The summed E-state index contributed by atoms with van der Waals surface area (Å²) in [7, 11) is 0. The van der Waals surface area contributed by atoms with E-state index in [2.05, 4.69) is 0 Å². The van der Waals surface area contributed by atoms with Crippen molar-refractivity contribution in [1.29, 1.82) is 0 Å². The summed E-state index contributed by atoms with van der Waals surface area (Å²) in [6.45, 7) is 3.78. The number of ether oxygens (including phenoxy) is 3. The third-order valence-corrected chi connectivity index (χ3v) is 7.03. The van der Waals surface area contributed by atoms with Crippen LogP contribution in [0, 0.1) is 5.41 Å². The second-order valence-corrected chi connectivity index (χ2v) is 8.21. The van der Waals surface area contributed by atoms with E-state index >= 15 is 0 Å². The van der Waals surface area contributed by atoms with Crippen LogP contribution in [0.3, 0.4) is 0 Å². The molecule has 4 heterocycles. The number of hydrogen-bond acceptors (Lipinski definition) is 7. The number of Topliss-reactive ketones (excluding diaryl/α,β-unsaturated/α-hetero) is 1. The third kappa shape index (κ3) is 1.87. The number of hydrogen-bond donors (Lipinski definition) is 0. The number of rotatable bonds is 4. The lowest BCUT2D eigenvalue weighted by molar-refractivity contribution is -0.212. The summed E-state index contributed by atoms with van der Waals surface area (Å²) in [5.74, 6) is -2.99. The van der Waals surface area contributed by atoms with E-state index in [0.717, 1.165) is 0 Å². The van der Waals surface area contributed by atoms with Crippen molar-refractivity contribution < 1.29 is 33.4 Å². The van der Waals surface area contributed by atoms with Crippen LogP contribution in [0.25, 0.3) is 0 Å². The number of amides is 1. The smallest absolute Gasteiger partial charge is 0.346 e. The molecule has 8 heteroatoms. The molecule has 1 spiro atoms. The molecule has 4 aliphatic heterocycles. The Kier molecular flexibility index (Phi) is 3.93. The summed E-state index contributed by atoms with van der Waals surface area (Å²) in [6, 6.07) is 7.12. The van der Waals surface area contributed by atoms with Crippen molar-refractivity contribution >= 4 is 23.6 Å². The maximum absolute atomic E-state index is 13.9. The zero-order valence-corrected chi connectivity index (χ0v) is 16.9. The van der Waals surface area contributed by atoms with Gasteiger partial charge in [-0.15, -0.1) is 0 Å². The Morgan fingerprint density at radius 3 is 2.57 bits per heavy atom. The van der Waals surface area contributed by atoms with E-state index in [0.29, 0.717) is 24.1 Å². The fourth-order valence-corrected chi connectivity index (χ4v) is 6.04. The van der Waals surface area contributed by atoms with Crippen molar-refractivity contribution in [2.75, 3.05) is 19.8 Å². The average molecular weight is 413 g/mol. The van der Waals surface area contributed by atoms with Gasteiger partial charge in [0.15, 0.2) is 16.9 Å². The highest BCUT2D eigenvalue weighted by molar-refractivity contribution is 6.22. The minimum absolute atomic E-state index is 0.0343. The van der Waals surface area contributed by atoms with Crippen molar-refractivity contribution in [3.63, 3.8) is 0 Å². The Balaban J connectivity index is 1.80. The first-order chi connectivity index (χ1) is 14.4. The fraction of sp³-hybridized carbons (Fsp3) is 0.545. The van der Waals surface area contributed by atoms with Crippen LogP contribution >= 0.6 is 0 Å². The van der Waals surface area contributed by atoms with Crippen LogP contribution in [0.1, 0.15) is 54.9 Å². The summed E-state index contributed by atoms with van der Waals surface area (Å²) in [5, 5.41) is 0. The fourth-order valence-electron chi connectivity index (χ4n) is 6.04. The average Bonchev–Trinajstić information content (AvgIpc) is 3.22. The molecule has 4 aliphatic rings. The highest BCUT2D eigenvalue weighted by atomic mass is 16.6. The van der Waals surface area contributed by atoms with Gasteiger partial charge < -0.3 is 19.1 Å². The lowest BCUT2D eigenvalue weighted by atomic mass is 9.54. The van der Waals surface area contributed by atoms with Crippen LogP contribution in [0.15, 0.2) is 24.3 Å². The van der Waals surface area contributed by atoms with Crippen molar-refractivity contribution in [2.24, 2.45) is 5.41 Å². The Bertz CT molecular complexity index is 989. The predicted octanol–water partition coefficient (Wildman–Crippen LogP) is 1.57. The number of benzene rings is 1. The Hall–Kier alpha value is -2.74. The Morgan fingerprint density at radius 2 is 1.83 bits per heavy atom. The first-order valence-electron chi connectivity index (χ1n) is 10.4. The van der Waals surface area contributed by atoms with E-state index in [1.807, 2.05) is 6.07 Å². The van der Waals surface area contributed by atoms with Gasteiger partial charge in [0.25, 0.3) is 5.91 Å². The number of fused-ring (bicyclic) bond motifs is 3. The van der Waals surface area contributed by atoms with Gasteiger partial charge in [-0.3, -0.25) is 14.4 Å². The molecule has 1 aromatic rings. The molecule has 0 saturated carbocycles. The molecule has 2 bridgehead atoms. The molecular weight excluding hydrogens is 390 g/mol. The van der Waals surface area contributed by atoms with Crippen molar-refractivity contribution in [3.05, 3.63) is 35.4 Å². The zero-order valence-electron chi connectivity index (χ0n) is 16.9. The second kappa shape index (κ2) is 6.14. The SMILES string of the molecule is CCOC(=O)C12CC3c4ccccc4C(=O)N4CCCC(C(=O)OCC)(C1=O)C34O2. The van der Waals surface area contributed by atoms with Gasteiger partial charge in [-0.05, 0) is 38.3 Å². The van der Waals surface area contributed by atoms with Crippen molar-refractivity contribution in [1.82, 2.24) is 4.90 Å². The number of esters is 2. The predicted molar refractivity (Wildman–Crippen MR) is 101 cm³/mol. The standard InChI is InChI=1S/C22H23NO7/c1-3-28-18(26)20-10-7-11-23-16(24)14-9-6-5-8-13(14)15-12-21(17(20)25,19(27)29-4-2)30-22(15,20)23/h5-6,8-9,15H,3-4,7,10-12H2,1-2H3. The molecule has 4 unspecified atom stereocenters. The topological polar surface area (TPSA) is 99.2 Å². The van der Waals surface area contributed by atoms with E-state index in [1.165, 1.54) is 4.90 Å². The summed E-state index contributed by atoms with van der Waals surface area (Å²) in [4.78, 5) is 55.2. The highest BCUT2D eigenvalue weighted by Gasteiger charge is 2.88.